The number of hydrogen-bond acceptors (Lipinski definition) is 1. The minimum atomic E-state index is -4.26. The summed E-state index contributed by atoms with van der Waals surface area (Å²) in [6.07, 6.45) is 0.0797. The summed E-state index contributed by atoms with van der Waals surface area (Å²) >= 11 is 0. The van der Waals surface area contributed by atoms with Crippen molar-refractivity contribution in [3.63, 3.8) is 0 Å². The molecule has 1 aromatic carbocycles. The van der Waals surface area contributed by atoms with E-state index < -0.39 is 11.7 Å². The van der Waals surface area contributed by atoms with E-state index in [0.717, 1.165) is 36.9 Å². The van der Waals surface area contributed by atoms with Gasteiger partial charge in [-0.15, -0.1) is 0 Å². The lowest BCUT2D eigenvalue weighted by Gasteiger charge is -2.38. The molecule has 4 heteroatoms. The van der Waals surface area contributed by atoms with Crippen molar-refractivity contribution in [1.82, 2.24) is 4.90 Å². The third kappa shape index (κ3) is 4.50. The first kappa shape index (κ1) is 18.3. The molecule has 1 nitrogen and oxygen atoms in total. The van der Waals surface area contributed by atoms with Crippen LogP contribution in [0.2, 0.25) is 0 Å². The van der Waals surface area contributed by atoms with Gasteiger partial charge in [0.15, 0.2) is 0 Å². The van der Waals surface area contributed by atoms with Crippen molar-refractivity contribution in [2.45, 2.75) is 51.6 Å². The van der Waals surface area contributed by atoms with Gasteiger partial charge in [0, 0.05) is 6.54 Å². The number of benzene rings is 1. The monoisotopic (exact) mass is 327 g/mol. The number of nitrogens with zero attached hydrogens (tertiary/aromatic N) is 1. The zero-order valence-electron chi connectivity index (χ0n) is 14.6. The maximum Gasteiger partial charge on any atom is 0.416 e. The molecule has 0 radical (unpaired) electrons. The fraction of sp³-hybridized carbons (Fsp3) is 0.684. The Morgan fingerprint density at radius 3 is 2.43 bits per heavy atom. The minimum Gasteiger partial charge on any atom is -0.309 e. The van der Waals surface area contributed by atoms with E-state index in [9.17, 15) is 13.2 Å². The van der Waals surface area contributed by atoms with Gasteiger partial charge in [0.2, 0.25) is 0 Å². The van der Waals surface area contributed by atoms with Crippen LogP contribution >= 0.6 is 0 Å². The van der Waals surface area contributed by atoms with Crippen LogP contribution in [0.5, 0.6) is 0 Å². The molecule has 0 spiro atoms. The fourth-order valence-corrected chi connectivity index (χ4v) is 4.09. The molecule has 3 atom stereocenters. The van der Waals surface area contributed by atoms with Crippen LogP contribution < -0.4 is 0 Å². The van der Waals surface area contributed by atoms with Gasteiger partial charge < -0.3 is 4.90 Å². The normalized spacial score (nSPS) is 25.8. The van der Waals surface area contributed by atoms with Gasteiger partial charge in [0.1, 0.15) is 0 Å². The highest BCUT2D eigenvalue weighted by Gasteiger charge is 2.35. The quantitative estimate of drug-likeness (QED) is 0.707. The molecule has 0 saturated heterocycles. The molecule has 0 heterocycles. The Hall–Kier alpha value is -1.03. The van der Waals surface area contributed by atoms with E-state index in [2.05, 4.69) is 25.9 Å². The van der Waals surface area contributed by atoms with Gasteiger partial charge in [-0.2, -0.15) is 13.2 Å². The topological polar surface area (TPSA) is 3.24 Å². The van der Waals surface area contributed by atoms with Crippen molar-refractivity contribution < 1.29 is 13.2 Å². The predicted octanol–water partition coefficient (Wildman–Crippen LogP) is 5.49. The zero-order chi connectivity index (χ0) is 17.2. The molecule has 1 aliphatic rings. The van der Waals surface area contributed by atoms with Crippen LogP contribution in [0.15, 0.2) is 18.2 Å². The van der Waals surface area contributed by atoms with Gasteiger partial charge >= 0.3 is 6.18 Å². The summed E-state index contributed by atoms with van der Waals surface area (Å²) in [5.74, 6) is 1.32. The van der Waals surface area contributed by atoms with E-state index in [1.807, 2.05) is 6.92 Å². The van der Waals surface area contributed by atoms with Gasteiger partial charge in [-0.3, -0.25) is 0 Å². The lowest BCUT2D eigenvalue weighted by Crippen LogP contribution is -2.30. The average Bonchev–Trinajstić information content (AvgIpc) is 2.46. The Morgan fingerprint density at radius 2 is 1.87 bits per heavy atom. The second-order valence-electron chi connectivity index (χ2n) is 7.29. The summed E-state index contributed by atoms with van der Waals surface area (Å²) in [5.41, 5.74) is 1.39. The molecular weight excluding hydrogens is 299 g/mol. The van der Waals surface area contributed by atoms with Crippen molar-refractivity contribution in [3.05, 3.63) is 34.9 Å². The Morgan fingerprint density at radius 1 is 1.17 bits per heavy atom. The summed E-state index contributed by atoms with van der Waals surface area (Å²) in [4.78, 5) is 2.19. The Bertz CT molecular complexity index is 522. The lowest BCUT2D eigenvalue weighted by molar-refractivity contribution is -0.137. The first-order chi connectivity index (χ1) is 10.7. The van der Waals surface area contributed by atoms with Crippen LogP contribution in [0.25, 0.3) is 0 Å². The van der Waals surface area contributed by atoms with Gasteiger partial charge in [0.05, 0.1) is 5.56 Å². The van der Waals surface area contributed by atoms with Crippen molar-refractivity contribution in [1.29, 1.82) is 0 Å². The first-order valence-electron chi connectivity index (χ1n) is 8.54. The molecule has 0 aromatic heterocycles. The third-order valence-corrected chi connectivity index (χ3v) is 5.26. The Kier molecular flexibility index (Phi) is 5.77. The van der Waals surface area contributed by atoms with E-state index in [-0.39, 0.29) is 5.92 Å². The second kappa shape index (κ2) is 7.25. The van der Waals surface area contributed by atoms with E-state index >= 15 is 0 Å². The third-order valence-electron chi connectivity index (χ3n) is 5.26. The zero-order valence-corrected chi connectivity index (χ0v) is 14.6. The molecule has 2 rings (SSSR count). The van der Waals surface area contributed by atoms with Crippen LogP contribution in [0.1, 0.15) is 55.2 Å². The minimum absolute atomic E-state index is 0.251. The van der Waals surface area contributed by atoms with E-state index in [4.69, 9.17) is 0 Å². The number of aryl methyl sites for hydroxylation is 1. The molecule has 0 amide bonds. The molecule has 1 fully saturated rings. The maximum atomic E-state index is 13.1. The van der Waals surface area contributed by atoms with E-state index in [1.165, 1.54) is 18.6 Å². The largest absolute Gasteiger partial charge is 0.416 e. The summed E-state index contributed by atoms with van der Waals surface area (Å²) in [6, 6.07) is 4.25. The highest BCUT2D eigenvalue weighted by Crippen LogP contribution is 2.44. The Balaban J connectivity index is 2.32. The number of hydrogen-bond donors (Lipinski definition) is 0. The standard InChI is InChI=1S/C19H28F3N/c1-5-15-8-7-14(12-23(3)4)10-18(15)17-11-16(19(20,21)22)9-6-13(17)2/h6,9,11,14-15,18H,5,7-8,10,12H2,1-4H3. The fourth-order valence-electron chi connectivity index (χ4n) is 4.09. The maximum absolute atomic E-state index is 13.1. The summed E-state index contributed by atoms with van der Waals surface area (Å²) in [5, 5.41) is 0. The highest BCUT2D eigenvalue weighted by molar-refractivity contribution is 5.36. The van der Waals surface area contributed by atoms with Crippen molar-refractivity contribution in [2.24, 2.45) is 11.8 Å². The van der Waals surface area contributed by atoms with Crippen LogP contribution in [-0.4, -0.2) is 25.5 Å². The summed E-state index contributed by atoms with van der Waals surface area (Å²) in [7, 11) is 4.13. The molecule has 1 aliphatic carbocycles. The molecule has 3 unspecified atom stereocenters. The first-order valence-corrected chi connectivity index (χ1v) is 8.54. The smallest absolute Gasteiger partial charge is 0.309 e. The highest BCUT2D eigenvalue weighted by atomic mass is 19.4. The average molecular weight is 327 g/mol. The second-order valence-corrected chi connectivity index (χ2v) is 7.29. The van der Waals surface area contributed by atoms with Gasteiger partial charge in [-0.05, 0) is 81.3 Å². The molecule has 0 N–H and O–H groups in total. The number of halogens is 3. The van der Waals surface area contributed by atoms with Crippen LogP contribution in [0.3, 0.4) is 0 Å². The molecular formula is C19H28F3N. The van der Waals surface area contributed by atoms with E-state index in [1.54, 1.807) is 6.07 Å². The molecule has 130 valence electrons. The summed E-state index contributed by atoms with van der Waals surface area (Å²) in [6.45, 7) is 5.12. The molecule has 23 heavy (non-hydrogen) atoms. The predicted molar refractivity (Wildman–Crippen MR) is 88.6 cm³/mol. The Labute approximate surface area is 137 Å². The molecule has 1 aromatic rings. The summed E-state index contributed by atoms with van der Waals surface area (Å²) < 4.78 is 39.3. The van der Waals surface area contributed by atoms with Crippen LogP contribution in [-0.2, 0) is 6.18 Å². The van der Waals surface area contributed by atoms with Gasteiger partial charge in [-0.25, -0.2) is 0 Å². The number of rotatable bonds is 4. The van der Waals surface area contributed by atoms with Gasteiger partial charge in [0.25, 0.3) is 0 Å². The lowest BCUT2D eigenvalue weighted by atomic mass is 9.69. The SMILES string of the molecule is CCC1CCC(CN(C)C)CC1c1cc(C(F)(F)F)ccc1C. The number of alkyl halides is 3. The molecule has 1 saturated carbocycles. The van der Waals surface area contributed by atoms with Gasteiger partial charge in [-0.1, -0.05) is 19.4 Å². The van der Waals surface area contributed by atoms with Crippen LogP contribution in [0, 0.1) is 18.8 Å². The van der Waals surface area contributed by atoms with Crippen LogP contribution in [0.4, 0.5) is 13.2 Å². The molecule has 0 aliphatic heterocycles. The molecule has 0 bridgehead atoms. The van der Waals surface area contributed by atoms with Crippen molar-refractivity contribution in [2.75, 3.05) is 20.6 Å². The van der Waals surface area contributed by atoms with Crippen molar-refractivity contribution >= 4 is 0 Å². The van der Waals surface area contributed by atoms with Crippen molar-refractivity contribution in [3.8, 4) is 0 Å². The van der Waals surface area contributed by atoms with E-state index in [0.29, 0.717) is 11.8 Å².